The molecule has 1 aliphatic heterocycles. The van der Waals surface area contributed by atoms with Crippen molar-refractivity contribution in [2.45, 2.75) is 42.7 Å². The van der Waals surface area contributed by atoms with E-state index in [0.717, 1.165) is 15.4 Å². The summed E-state index contributed by atoms with van der Waals surface area (Å²) < 4.78 is 33.8. The Kier molecular flexibility index (Phi) is 7.62. The number of para-hydroxylation sites is 2. The number of halogens is 2. The summed E-state index contributed by atoms with van der Waals surface area (Å²) in [7, 11) is -4.15. The van der Waals surface area contributed by atoms with Crippen LogP contribution in [0.4, 0.5) is 0 Å². The number of oxazole rings is 1. The Labute approximate surface area is 240 Å². The smallest absolute Gasteiger partial charge is 0.326 e. The lowest BCUT2D eigenvalue weighted by Gasteiger charge is -2.34. The van der Waals surface area contributed by atoms with E-state index in [4.69, 9.17) is 27.6 Å². The predicted octanol–water partition coefficient (Wildman–Crippen LogP) is 5.16. The average molecular weight is 602 g/mol. The molecule has 1 aliphatic rings. The van der Waals surface area contributed by atoms with Crippen molar-refractivity contribution in [2.24, 2.45) is 0 Å². The van der Waals surface area contributed by atoms with Crippen LogP contribution in [0.25, 0.3) is 22.6 Å². The van der Waals surface area contributed by atoms with Gasteiger partial charge in [-0.05, 0) is 67.8 Å². The van der Waals surface area contributed by atoms with Gasteiger partial charge in [0.2, 0.25) is 21.8 Å². The Hall–Kier alpha value is -3.44. The van der Waals surface area contributed by atoms with Crippen LogP contribution >= 0.6 is 23.2 Å². The van der Waals surface area contributed by atoms with E-state index >= 15 is 0 Å². The molecule has 0 aliphatic carbocycles. The number of nitrogens with zero attached hydrogens (tertiary/aromatic N) is 2. The van der Waals surface area contributed by atoms with Crippen LogP contribution in [0.5, 0.6) is 0 Å². The second-order valence-corrected chi connectivity index (χ2v) is 12.5. The lowest BCUT2D eigenvalue weighted by atomic mass is 9.97. The van der Waals surface area contributed by atoms with Crippen molar-refractivity contribution < 1.29 is 27.5 Å². The van der Waals surface area contributed by atoms with E-state index in [1.54, 1.807) is 24.3 Å². The summed E-state index contributed by atoms with van der Waals surface area (Å²) in [6.07, 6.45) is 0.631. The SMILES string of the molecule is C[C@@]1(C(=O)NC(Cc2ccc(-c3nc4ccccc4o3)cc2)C(=O)O)CCCN1S(=O)(=O)c1cc(Cl)cc(Cl)c1. The van der Waals surface area contributed by atoms with Gasteiger partial charge in [-0.15, -0.1) is 0 Å². The molecule has 5 rings (SSSR count). The van der Waals surface area contributed by atoms with Gasteiger partial charge in [-0.2, -0.15) is 4.31 Å². The third-order valence-electron chi connectivity index (χ3n) is 7.03. The molecule has 1 amide bonds. The average Bonchev–Trinajstić information content (AvgIpc) is 3.53. The number of aromatic nitrogens is 1. The topological polar surface area (TPSA) is 130 Å². The van der Waals surface area contributed by atoms with Crippen LogP contribution in [-0.4, -0.2) is 52.8 Å². The number of aliphatic carboxylic acids is 1. The molecule has 0 spiro atoms. The van der Waals surface area contributed by atoms with Gasteiger partial charge in [0.05, 0.1) is 4.90 Å². The maximum atomic E-state index is 13.5. The van der Waals surface area contributed by atoms with E-state index in [9.17, 15) is 23.1 Å². The highest BCUT2D eigenvalue weighted by Crippen LogP contribution is 2.36. The number of carbonyl (C=O) groups is 2. The van der Waals surface area contributed by atoms with Gasteiger partial charge < -0.3 is 14.8 Å². The molecule has 2 heterocycles. The summed E-state index contributed by atoms with van der Waals surface area (Å²) >= 11 is 12.0. The first-order chi connectivity index (χ1) is 19.0. The molecule has 3 aromatic carbocycles. The van der Waals surface area contributed by atoms with Crippen LogP contribution in [0.2, 0.25) is 10.0 Å². The number of nitrogens with one attached hydrogen (secondary N) is 1. The summed E-state index contributed by atoms with van der Waals surface area (Å²) in [5, 5.41) is 12.7. The molecule has 9 nitrogen and oxygen atoms in total. The van der Waals surface area contributed by atoms with E-state index in [0.29, 0.717) is 23.5 Å². The summed E-state index contributed by atoms with van der Waals surface area (Å²) in [5.41, 5.74) is 1.26. The lowest BCUT2D eigenvalue weighted by molar-refractivity contribution is -0.143. The van der Waals surface area contributed by atoms with Crippen LogP contribution in [-0.2, 0) is 26.0 Å². The molecule has 1 unspecified atom stereocenters. The molecule has 12 heteroatoms. The molecular formula is C28H25Cl2N3O6S. The van der Waals surface area contributed by atoms with Gasteiger partial charge in [0, 0.05) is 28.6 Å². The zero-order valence-corrected chi connectivity index (χ0v) is 23.6. The van der Waals surface area contributed by atoms with Gasteiger partial charge in [0.1, 0.15) is 17.1 Å². The van der Waals surface area contributed by atoms with E-state index < -0.39 is 33.5 Å². The number of hydrogen-bond donors (Lipinski definition) is 2. The molecule has 0 bridgehead atoms. The van der Waals surface area contributed by atoms with Crippen LogP contribution < -0.4 is 5.32 Å². The standard InChI is InChI=1S/C28H25Cl2N3O6S/c1-28(11-4-12-33(28)40(37,38)21-15-19(29)14-20(30)16-21)27(36)32-23(26(34)35)13-17-7-9-18(10-8-17)25-31-22-5-2-3-6-24(22)39-25/h2-3,5-10,14-16,23H,4,11-13H2,1H3,(H,32,36)(H,34,35)/t23?,28-/m0/s1. The molecule has 208 valence electrons. The van der Waals surface area contributed by atoms with Crippen molar-refractivity contribution in [3.63, 3.8) is 0 Å². The van der Waals surface area contributed by atoms with Crippen molar-refractivity contribution >= 4 is 56.2 Å². The van der Waals surface area contributed by atoms with Gasteiger partial charge in [-0.3, -0.25) is 4.79 Å². The molecule has 0 saturated carbocycles. The first-order valence-corrected chi connectivity index (χ1v) is 14.6. The van der Waals surface area contributed by atoms with Gasteiger partial charge >= 0.3 is 5.97 Å². The van der Waals surface area contributed by atoms with E-state index in [1.165, 1.54) is 25.1 Å². The molecule has 1 aromatic heterocycles. The quantitative estimate of drug-likeness (QED) is 0.285. The zero-order valence-electron chi connectivity index (χ0n) is 21.3. The highest BCUT2D eigenvalue weighted by molar-refractivity contribution is 7.89. The van der Waals surface area contributed by atoms with Crippen LogP contribution in [0.1, 0.15) is 25.3 Å². The highest BCUT2D eigenvalue weighted by atomic mass is 35.5. The predicted molar refractivity (Wildman–Crippen MR) is 151 cm³/mol. The summed E-state index contributed by atoms with van der Waals surface area (Å²) in [4.78, 5) is 29.9. The second-order valence-electron chi connectivity index (χ2n) is 9.81. The molecule has 2 atom stereocenters. The number of sulfonamides is 1. The third kappa shape index (κ3) is 5.44. The van der Waals surface area contributed by atoms with E-state index in [-0.39, 0.29) is 34.3 Å². The van der Waals surface area contributed by atoms with Crippen LogP contribution in [0.15, 0.2) is 76.0 Å². The number of benzene rings is 3. The van der Waals surface area contributed by atoms with Gasteiger partial charge in [-0.1, -0.05) is 47.5 Å². The minimum atomic E-state index is -4.15. The van der Waals surface area contributed by atoms with Gasteiger partial charge in [-0.25, -0.2) is 18.2 Å². The first-order valence-electron chi connectivity index (χ1n) is 12.4. The summed E-state index contributed by atoms with van der Waals surface area (Å²) in [5.74, 6) is -1.50. The molecular weight excluding hydrogens is 577 g/mol. The van der Waals surface area contributed by atoms with Crippen LogP contribution in [0.3, 0.4) is 0 Å². The molecule has 2 N–H and O–H groups in total. The molecule has 1 fully saturated rings. The second kappa shape index (κ2) is 10.9. The molecule has 40 heavy (non-hydrogen) atoms. The summed E-state index contributed by atoms with van der Waals surface area (Å²) in [6.45, 7) is 1.58. The number of carboxylic acid groups (broad SMARTS) is 1. The maximum Gasteiger partial charge on any atom is 0.326 e. The molecule has 4 aromatic rings. The Balaban J connectivity index is 1.33. The van der Waals surface area contributed by atoms with Crippen molar-refractivity contribution in [3.05, 3.63) is 82.3 Å². The normalized spacial score (nSPS) is 18.6. The highest BCUT2D eigenvalue weighted by Gasteiger charge is 2.50. The van der Waals surface area contributed by atoms with Crippen molar-refractivity contribution in [1.82, 2.24) is 14.6 Å². The number of amides is 1. The van der Waals surface area contributed by atoms with Crippen molar-refractivity contribution in [3.8, 4) is 11.5 Å². The Morgan fingerprint density at radius 3 is 2.42 bits per heavy atom. The van der Waals surface area contributed by atoms with E-state index in [2.05, 4.69) is 10.3 Å². The number of hydrogen-bond acceptors (Lipinski definition) is 6. The minimum absolute atomic E-state index is 0.0123. The molecule has 1 saturated heterocycles. The fraction of sp³-hybridized carbons (Fsp3) is 0.250. The monoisotopic (exact) mass is 601 g/mol. The first kappa shape index (κ1) is 28.1. The minimum Gasteiger partial charge on any atom is -0.480 e. The lowest BCUT2D eigenvalue weighted by Crippen LogP contribution is -2.58. The third-order valence-corrected chi connectivity index (χ3v) is 9.46. The maximum absolute atomic E-state index is 13.5. The Morgan fingerprint density at radius 2 is 1.77 bits per heavy atom. The number of fused-ring (bicyclic) bond motifs is 1. The zero-order chi connectivity index (χ0) is 28.7. The van der Waals surface area contributed by atoms with Gasteiger partial charge in [0.25, 0.3) is 0 Å². The van der Waals surface area contributed by atoms with Crippen molar-refractivity contribution in [1.29, 1.82) is 0 Å². The van der Waals surface area contributed by atoms with Crippen LogP contribution in [0, 0.1) is 0 Å². The number of rotatable bonds is 8. The number of carbonyl (C=O) groups excluding carboxylic acids is 1. The van der Waals surface area contributed by atoms with Gasteiger partial charge in [0.15, 0.2) is 5.58 Å². The van der Waals surface area contributed by atoms with E-state index in [1.807, 2.05) is 24.3 Å². The largest absolute Gasteiger partial charge is 0.480 e. The summed E-state index contributed by atoms with van der Waals surface area (Å²) in [6, 6.07) is 17.1. The fourth-order valence-electron chi connectivity index (χ4n) is 4.88. The fourth-order valence-corrected chi connectivity index (χ4v) is 7.42. The number of carboxylic acids is 1. The van der Waals surface area contributed by atoms with Crippen molar-refractivity contribution in [2.75, 3.05) is 6.54 Å². The Morgan fingerprint density at radius 1 is 1.10 bits per heavy atom. The molecule has 0 radical (unpaired) electrons. The Bertz CT molecular complexity index is 1650.